The number of rotatable bonds is 5. The molecule has 3 heteroatoms. The Morgan fingerprint density at radius 2 is 0.923 bits per heavy atom. The van der Waals surface area contributed by atoms with Gasteiger partial charge in [0.1, 0.15) is 11.2 Å². The van der Waals surface area contributed by atoms with Crippen molar-refractivity contribution in [1.29, 1.82) is 0 Å². The van der Waals surface area contributed by atoms with Crippen LogP contribution in [0.4, 0.5) is 0 Å². The summed E-state index contributed by atoms with van der Waals surface area (Å²) in [5.41, 5.74) is 15.2. The van der Waals surface area contributed by atoms with Crippen LogP contribution in [0.3, 0.4) is 0 Å². The minimum absolute atomic E-state index is 0.0754. The SMILES string of the molecule is Cc1c(-c2ccc(C(C)(C)C)cc2)cc(-c2cc(-c3ccccc3)nc(-c3ccc4c(c3)oc3ccccc34)n2)cc1-c1ccc(C(C)(C)C)cc1. The highest BCUT2D eigenvalue weighted by molar-refractivity contribution is 6.05. The molecule has 2 heterocycles. The molecule has 3 nitrogen and oxygen atoms in total. The molecule has 2 aromatic heterocycles. The van der Waals surface area contributed by atoms with Crippen LogP contribution in [0.2, 0.25) is 0 Å². The Bertz CT molecular complexity index is 2480. The molecular weight excluding hydrogens is 633 g/mol. The van der Waals surface area contributed by atoms with Crippen LogP contribution in [0, 0.1) is 6.92 Å². The maximum atomic E-state index is 6.29. The Balaban J connectivity index is 1.34. The van der Waals surface area contributed by atoms with Gasteiger partial charge in [-0.3, -0.25) is 0 Å². The highest BCUT2D eigenvalue weighted by Gasteiger charge is 2.19. The molecule has 0 aliphatic heterocycles. The monoisotopic (exact) mass is 676 g/mol. The number of hydrogen-bond donors (Lipinski definition) is 0. The van der Waals surface area contributed by atoms with E-state index in [1.807, 2.05) is 24.3 Å². The Labute approximate surface area is 307 Å². The quantitative estimate of drug-likeness (QED) is 0.182. The van der Waals surface area contributed by atoms with E-state index in [4.69, 9.17) is 14.4 Å². The minimum Gasteiger partial charge on any atom is -0.456 e. The van der Waals surface area contributed by atoms with Crippen LogP contribution < -0.4 is 0 Å². The van der Waals surface area contributed by atoms with Gasteiger partial charge in [0, 0.05) is 27.5 Å². The van der Waals surface area contributed by atoms with E-state index in [1.165, 1.54) is 38.9 Å². The van der Waals surface area contributed by atoms with Crippen molar-refractivity contribution in [3.05, 3.63) is 156 Å². The lowest BCUT2D eigenvalue weighted by atomic mass is 9.84. The Kier molecular flexibility index (Phi) is 8.18. The predicted octanol–water partition coefficient (Wildman–Crippen LogP) is 13.6. The summed E-state index contributed by atoms with van der Waals surface area (Å²) in [6.07, 6.45) is 0. The van der Waals surface area contributed by atoms with Gasteiger partial charge >= 0.3 is 0 Å². The van der Waals surface area contributed by atoms with Crippen LogP contribution in [0.25, 0.3) is 78.1 Å². The molecule has 0 fully saturated rings. The molecule has 0 aliphatic rings. The van der Waals surface area contributed by atoms with Crippen LogP contribution in [-0.2, 0) is 10.8 Å². The first kappa shape index (κ1) is 33.3. The number of benzene rings is 6. The molecule has 0 atom stereocenters. The van der Waals surface area contributed by atoms with E-state index in [-0.39, 0.29) is 10.8 Å². The van der Waals surface area contributed by atoms with Crippen LogP contribution in [0.1, 0.15) is 58.2 Å². The molecule has 0 saturated heterocycles. The zero-order valence-corrected chi connectivity index (χ0v) is 31.1. The van der Waals surface area contributed by atoms with Gasteiger partial charge in [0.05, 0.1) is 11.4 Å². The smallest absolute Gasteiger partial charge is 0.160 e. The second kappa shape index (κ2) is 12.8. The summed E-state index contributed by atoms with van der Waals surface area (Å²) in [6, 6.07) is 49.7. The molecule has 0 bridgehead atoms. The first-order chi connectivity index (χ1) is 24.9. The number of para-hydroxylation sites is 1. The molecule has 0 radical (unpaired) electrons. The summed E-state index contributed by atoms with van der Waals surface area (Å²) in [5.74, 6) is 0.659. The Morgan fingerprint density at radius 3 is 1.50 bits per heavy atom. The van der Waals surface area contributed by atoms with Crippen molar-refractivity contribution in [2.75, 3.05) is 0 Å². The molecule has 0 saturated carbocycles. The maximum absolute atomic E-state index is 6.29. The number of aromatic nitrogens is 2. The zero-order chi connectivity index (χ0) is 36.2. The summed E-state index contributed by atoms with van der Waals surface area (Å²) in [6.45, 7) is 15.8. The van der Waals surface area contributed by atoms with Gasteiger partial charge in [-0.05, 0) is 93.1 Å². The highest BCUT2D eigenvalue weighted by atomic mass is 16.3. The summed E-state index contributed by atoms with van der Waals surface area (Å²) in [4.78, 5) is 10.5. The third kappa shape index (κ3) is 6.32. The molecular formula is C49H44N2O. The molecule has 8 aromatic rings. The van der Waals surface area contributed by atoms with Gasteiger partial charge in [-0.1, -0.05) is 145 Å². The number of furan rings is 1. The molecule has 6 aromatic carbocycles. The summed E-state index contributed by atoms with van der Waals surface area (Å²) < 4.78 is 6.29. The minimum atomic E-state index is 0.0754. The first-order valence-corrected chi connectivity index (χ1v) is 18.2. The van der Waals surface area contributed by atoms with E-state index in [1.54, 1.807) is 0 Å². The van der Waals surface area contributed by atoms with Gasteiger partial charge in [-0.25, -0.2) is 9.97 Å². The second-order valence-electron chi connectivity index (χ2n) is 16.0. The van der Waals surface area contributed by atoms with Crippen LogP contribution >= 0.6 is 0 Å². The molecule has 0 amide bonds. The standard InChI is InChI=1S/C49H44N2O/c1-31-41(32-17-22-37(23-18-32)48(2,3)4)27-36(28-42(31)33-19-24-38(25-20-33)49(5,6)7)44-30-43(34-13-9-8-10-14-34)50-47(51-44)35-21-26-40-39-15-11-12-16-45(39)52-46(40)29-35/h8-30H,1-7H3. The average Bonchev–Trinajstić information content (AvgIpc) is 3.52. The summed E-state index contributed by atoms with van der Waals surface area (Å²) >= 11 is 0. The molecule has 0 N–H and O–H groups in total. The molecule has 0 aliphatic carbocycles. The molecule has 0 spiro atoms. The lowest BCUT2D eigenvalue weighted by molar-refractivity contribution is 0.590. The third-order valence-corrected chi connectivity index (χ3v) is 10.3. The second-order valence-corrected chi connectivity index (χ2v) is 16.0. The van der Waals surface area contributed by atoms with Gasteiger partial charge in [-0.15, -0.1) is 0 Å². The van der Waals surface area contributed by atoms with E-state index in [0.29, 0.717) is 5.82 Å². The van der Waals surface area contributed by atoms with Crippen molar-refractivity contribution >= 4 is 21.9 Å². The van der Waals surface area contributed by atoms with E-state index >= 15 is 0 Å². The predicted molar refractivity (Wildman–Crippen MR) is 219 cm³/mol. The van der Waals surface area contributed by atoms with Crippen LogP contribution in [0.15, 0.2) is 144 Å². The van der Waals surface area contributed by atoms with E-state index in [2.05, 4.69) is 164 Å². The van der Waals surface area contributed by atoms with Gasteiger partial charge < -0.3 is 4.42 Å². The van der Waals surface area contributed by atoms with Gasteiger partial charge in [0.2, 0.25) is 0 Å². The molecule has 8 rings (SSSR count). The van der Waals surface area contributed by atoms with E-state index < -0.39 is 0 Å². The molecule has 52 heavy (non-hydrogen) atoms. The first-order valence-electron chi connectivity index (χ1n) is 18.2. The van der Waals surface area contributed by atoms with Gasteiger partial charge in [0.15, 0.2) is 5.82 Å². The molecule has 256 valence electrons. The Morgan fingerprint density at radius 1 is 0.423 bits per heavy atom. The molecule has 0 unspecified atom stereocenters. The topological polar surface area (TPSA) is 38.9 Å². The fourth-order valence-corrected chi connectivity index (χ4v) is 7.11. The average molecular weight is 677 g/mol. The largest absolute Gasteiger partial charge is 0.456 e. The van der Waals surface area contributed by atoms with Crippen molar-refractivity contribution in [2.45, 2.75) is 59.3 Å². The lowest BCUT2D eigenvalue weighted by Gasteiger charge is -2.21. The van der Waals surface area contributed by atoms with Crippen molar-refractivity contribution in [1.82, 2.24) is 9.97 Å². The number of hydrogen-bond acceptors (Lipinski definition) is 3. The normalized spacial score (nSPS) is 12.1. The Hall–Kier alpha value is -5.80. The number of fused-ring (bicyclic) bond motifs is 3. The lowest BCUT2D eigenvalue weighted by Crippen LogP contribution is -2.10. The zero-order valence-electron chi connectivity index (χ0n) is 31.1. The maximum Gasteiger partial charge on any atom is 0.160 e. The van der Waals surface area contributed by atoms with Crippen molar-refractivity contribution in [3.63, 3.8) is 0 Å². The van der Waals surface area contributed by atoms with Gasteiger partial charge in [0.25, 0.3) is 0 Å². The summed E-state index contributed by atoms with van der Waals surface area (Å²) in [5, 5.41) is 2.19. The highest BCUT2D eigenvalue weighted by Crippen LogP contribution is 2.40. The summed E-state index contributed by atoms with van der Waals surface area (Å²) in [7, 11) is 0. The van der Waals surface area contributed by atoms with Crippen molar-refractivity contribution in [2.24, 2.45) is 0 Å². The van der Waals surface area contributed by atoms with Crippen molar-refractivity contribution in [3.8, 4) is 56.2 Å². The van der Waals surface area contributed by atoms with Crippen molar-refractivity contribution < 1.29 is 4.42 Å². The van der Waals surface area contributed by atoms with Gasteiger partial charge in [-0.2, -0.15) is 0 Å². The fourth-order valence-electron chi connectivity index (χ4n) is 7.11. The van der Waals surface area contributed by atoms with Crippen LogP contribution in [0.5, 0.6) is 0 Å². The number of nitrogens with zero attached hydrogens (tertiary/aromatic N) is 2. The fraction of sp³-hybridized carbons (Fsp3) is 0.184. The van der Waals surface area contributed by atoms with E-state index in [9.17, 15) is 0 Å². The van der Waals surface area contributed by atoms with E-state index in [0.717, 1.165) is 50.0 Å². The third-order valence-electron chi connectivity index (χ3n) is 10.3. The van der Waals surface area contributed by atoms with Crippen LogP contribution in [-0.4, -0.2) is 9.97 Å².